The summed E-state index contributed by atoms with van der Waals surface area (Å²) in [4.78, 5) is 111. The van der Waals surface area contributed by atoms with Crippen molar-refractivity contribution < 1.29 is 132 Å². The molecule has 9 amide bonds. The van der Waals surface area contributed by atoms with Gasteiger partial charge in [-0.2, -0.15) is 0 Å². The second-order valence-electron chi connectivity index (χ2n) is 25.4. The summed E-state index contributed by atoms with van der Waals surface area (Å²) in [6.45, 7) is 8.29. The summed E-state index contributed by atoms with van der Waals surface area (Å²) in [6, 6.07) is -3.22. The minimum absolute atomic E-state index is 0.0165. The lowest BCUT2D eigenvalue weighted by Crippen LogP contribution is -2.64. The molecule has 3 rings (SSSR count). The molecule has 100 heavy (non-hydrogen) atoms. The summed E-state index contributed by atoms with van der Waals surface area (Å²) >= 11 is 0. The molecular weight excluding hydrogens is 1330 g/mol. The van der Waals surface area contributed by atoms with Gasteiger partial charge in [-0.1, -0.05) is 13.8 Å². The molecule has 0 aliphatic carbocycles. The zero-order chi connectivity index (χ0) is 74.0. The minimum atomic E-state index is -1.44. The van der Waals surface area contributed by atoms with Gasteiger partial charge in [-0.25, -0.2) is 0 Å². The maximum absolute atomic E-state index is 12.8. The van der Waals surface area contributed by atoms with Crippen LogP contribution in [-0.2, 0) is 85.8 Å². The topological polar surface area (TPSA) is 527 Å². The monoisotopic (exact) mass is 1440 g/mol. The molecule has 0 spiro atoms. The van der Waals surface area contributed by atoms with Crippen LogP contribution in [0.1, 0.15) is 131 Å². The van der Waals surface area contributed by atoms with E-state index < -0.39 is 135 Å². The number of ether oxygens (including phenoxy) is 9. The molecular formula is C64H115N9O27. The van der Waals surface area contributed by atoms with Gasteiger partial charge in [0.15, 0.2) is 18.9 Å². The zero-order valence-corrected chi connectivity index (χ0v) is 58.4. The molecule has 0 radical (unpaired) electrons. The maximum Gasteiger partial charge on any atom is 0.222 e. The normalized spacial score (nSPS) is 25.8. The van der Waals surface area contributed by atoms with Gasteiger partial charge in [0.25, 0.3) is 0 Å². The average molecular weight is 1440 g/mol. The number of aliphatic hydroxyl groups excluding tert-OH is 9. The second kappa shape index (κ2) is 50.0. The SMILES string of the molecule is CC(=O)NC1C(O)[C@@H](O)C(CO)O[C@H]1OCCCCC(=O)NCCCNC(=O)CCOCC(COCCC(=O)NCCCNC(=O)CCCCO[C@@H]1OC(CO)[C@H](O)C(O)C1NC(C)=O)(COCCC(=O)NCCCNC(=O)CCCCO[C@@H]1OC(CO)[C@H](O)C(O)C1NC(C)=O)C(C)C. The van der Waals surface area contributed by atoms with E-state index in [9.17, 15) is 89.1 Å². The second-order valence-corrected chi connectivity index (χ2v) is 25.4. The summed E-state index contributed by atoms with van der Waals surface area (Å²) in [7, 11) is 0. The number of hydrogen-bond acceptors (Lipinski definition) is 27. The van der Waals surface area contributed by atoms with Crippen molar-refractivity contribution in [1.82, 2.24) is 47.9 Å². The summed E-state index contributed by atoms with van der Waals surface area (Å²) in [6.07, 6.45) is -10.9. The van der Waals surface area contributed by atoms with Gasteiger partial charge < -0.3 is 136 Å². The van der Waals surface area contributed by atoms with Crippen LogP contribution in [0.4, 0.5) is 0 Å². The van der Waals surface area contributed by atoms with Gasteiger partial charge in [0, 0.05) is 124 Å². The molecule has 36 nitrogen and oxygen atoms in total. The standard InChI is InChI=1S/C64H115N9O27/c1-39(2)64(36-92-30-18-49(83)68-24-12-21-65-46(80)15-6-9-27-95-61-52(71-40(3)77)58(89)55(86)43(33-74)98-61,37-93-31-19-50(84)69-25-13-22-66-47(81)16-7-10-28-96-62-53(72-41(4)78)59(90)56(87)44(34-75)99-62)38-94-32-20-51(85)70-26-14-23-67-48(82)17-8-11-29-97-63-54(73-42(5)79)60(91)57(88)45(35-76)100-63/h39,43-45,52-63,74-76,86-91H,6-38H2,1-5H3,(H,65,80)(H,66,81)(H,67,82)(H,68,83)(H,69,84)(H,70,85)(H,71,77)(H,72,78)(H,73,79)/t43?,44?,45?,52?,53?,54?,55-,56-,57-,58?,59?,60?,61+,62+,63+,64?/m0/s1. The van der Waals surface area contributed by atoms with Crippen molar-refractivity contribution in [2.24, 2.45) is 11.3 Å². The molecule has 0 bridgehead atoms. The van der Waals surface area contributed by atoms with E-state index in [1.54, 1.807) is 0 Å². The van der Waals surface area contributed by atoms with Crippen molar-refractivity contribution in [2.75, 3.05) is 119 Å². The Kier molecular flexibility index (Phi) is 44.4. The van der Waals surface area contributed by atoms with Crippen molar-refractivity contribution in [3.05, 3.63) is 0 Å². The third-order valence-electron chi connectivity index (χ3n) is 16.8. The molecule has 0 aromatic rings. The van der Waals surface area contributed by atoms with Crippen molar-refractivity contribution in [1.29, 1.82) is 0 Å². The molecule has 0 aromatic carbocycles. The Bertz CT molecular complexity index is 2160. The van der Waals surface area contributed by atoms with Crippen LogP contribution in [0, 0.1) is 11.3 Å². The number of carbonyl (C=O) groups excluding carboxylic acids is 9. The van der Waals surface area contributed by atoms with Crippen molar-refractivity contribution in [3.8, 4) is 0 Å². The van der Waals surface area contributed by atoms with Crippen LogP contribution in [-0.4, -0.2) is 310 Å². The molecule has 3 fully saturated rings. The lowest BCUT2D eigenvalue weighted by Gasteiger charge is -2.42. The van der Waals surface area contributed by atoms with E-state index in [1.165, 1.54) is 20.8 Å². The Balaban J connectivity index is 1.38. The van der Waals surface area contributed by atoms with E-state index in [4.69, 9.17) is 42.6 Å². The zero-order valence-electron chi connectivity index (χ0n) is 58.4. The van der Waals surface area contributed by atoms with Crippen LogP contribution in [0.25, 0.3) is 0 Å². The highest BCUT2D eigenvalue weighted by Gasteiger charge is 2.48. The Morgan fingerprint density at radius 1 is 0.350 bits per heavy atom. The van der Waals surface area contributed by atoms with E-state index in [0.29, 0.717) is 77.4 Å². The molecule has 15 atom stereocenters. The van der Waals surface area contributed by atoms with Gasteiger partial charge in [0.1, 0.15) is 73.1 Å². The van der Waals surface area contributed by atoms with Gasteiger partial charge in [0.05, 0.1) is 59.5 Å². The number of hydrogen-bond donors (Lipinski definition) is 18. The van der Waals surface area contributed by atoms with Crippen LogP contribution >= 0.6 is 0 Å². The molecule has 0 aromatic heterocycles. The largest absolute Gasteiger partial charge is 0.394 e. The van der Waals surface area contributed by atoms with Crippen LogP contribution in [0.15, 0.2) is 0 Å². The molecule has 3 heterocycles. The number of unbranched alkanes of at least 4 members (excludes halogenated alkanes) is 3. The number of carbonyl (C=O) groups is 9. The van der Waals surface area contributed by atoms with E-state index in [1.807, 2.05) is 13.8 Å². The van der Waals surface area contributed by atoms with E-state index in [-0.39, 0.29) is 159 Å². The fourth-order valence-corrected chi connectivity index (χ4v) is 10.7. The summed E-state index contributed by atoms with van der Waals surface area (Å²) in [5.41, 5.74) is -0.791. The summed E-state index contributed by atoms with van der Waals surface area (Å²) in [5, 5.41) is 115. The first-order valence-corrected chi connectivity index (χ1v) is 34.6. The van der Waals surface area contributed by atoms with Crippen molar-refractivity contribution in [2.45, 2.75) is 223 Å². The Morgan fingerprint density at radius 2 is 0.590 bits per heavy atom. The highest BCUT2D eigenvalue weighted by molar-refractivity contribution is 5.78. The molecule has 18 N–H and O–H groups in total. The Labute approximate surface area is 583 Å². The fraction of sp³-hybridized carbons (Fsp3) is 0.859. The number of rotatable bonds is 52. The first-order valence-electron chi connectivity index (χ1n) is 34.6. The molecule has 0 saturated carbocycles. The first kappa shape index (κ1) is 88.7. The highest BCUT2D eigenvalue weighted by atomic mass is 16.7. The molecule has 36 heteroatoms. The van der Waals surface area contributed by atoms with Gasteiger partial charge in [-0.3, -0.25) is 43.2 Å². The number of aliphatic hydroxyl groups is 9. The average Bonchev–Trinajstić information content (AvgIpc) is 0.848. The van der Waals surface area contributed by atoms with Gasteiger partial charge in [-0.05, 0) is 63.7 Å². The van der Waals surface area contributed by atoms with Crippen LogP contribution < -0.4 is 47.9 Å². The molecule has 3 aliphatic heterocycles. The summed E-state index contributed by atoms with van der Waals surface area (Å²) in [5.74, 6) is -3.06. The predicted molar refractivity (Wildman–Crippen MR) is 351 cm³/mol. The quantitative estimate of drug-likeness (QED) is 0.0252. The smallest absolute Gasteiger partial charge is 0.222 e. The first-order chi connectivity index (χ1) is 47.8. The lowest BCUT2D eigenvalue weighted by atomic mass is 9.79. The third kappa shape index (κ3) is 34.2. The molecule has 578 valence electrons. The van der Waals surface area contributed by atoms with Crippen LogP contribution in [0.3, 0.4) is 0 Å². The van der Waals surface area contributed by atoms with E-state index in [2.05, 4.69) is 47.9 Å². The van der Waals surface area contributed by atoms with Gasteiger partial charge in [0.2, 0.25) is 53.2 Å². The van der Waals surface area contributed by atoms with Gasteiger partial charge in [-0.15, -0.1) is 0 Å². The van der Waals surface area contributed by atoms with Crippen molar-refractivity contribution >= 4 is 53.2 Å². The van der Waals surface area contributed by atoms with E-state index in [0.717, 1.165) is 0 Å². The third-order valence-corrected chi connectivity index (χ3v) is 16.8. The predicted octanol–water partition coefficient (Wildman–Crippen LogP) is -5.89. The minimum Gasteiger partial charge on any atom is -0.394 e. The molecule has 3 saturated heterocycles. The van der Waals surface area contributed by atoms with Crippen molar-refractivity contribution in [3.63, 3.8) is 0 Å². The Morgan fingerprint density at radius 3 is 0.810 bits per heavy atom. The molecule has 9 unspecified atom stereocenters. The number of amides is 9. The van der Waals surface area contributed by atoms with Crippen LogP contribution in [0.2, 0.25) is 0 Å². The lowest BCUT2D eigenvalue weighted by molar-refractivity contribution is -0.270. The number of nitrogens with one attached hydrogen (secondary N) is 9. The van der Waals surface area contributed by atoms with Crippen LogP contribution in [0.5, 0.6) is 0 Å². The maximum atomic E-state index is 12.8. The fourth-order valence-electron chi connectivity index (χ4n) is 10.7. The molecule has 3 aliphatic rings. The Hall–Kier alpha value is -5.49. The summed E-state index contributed by atoms with van der Waals surface area (Å²) < 4.78 is 52.0. The van der Waals surface area contributed by atoms with Gasteiger partial charge >= 0.3 is 0 Å². The highest BCUT2D eigenvalue weighted by Crippen LogP contribution is 2.31. The van der Waals surface area contributed by atoms with E-state index >= 15 is 0 Å².